The summed E-state index contributed by atoms with van der Waals surface area (Å²) in [6.45, 7) is 1.75. The highest BCUT2D eigenvalue weighted by molar-refractivity contribution is 5.15. The summed E-state index contributed by atoms with van der Waals surface area (Å²) in [4.78, 5) is 0. The molecule has 4 nitrogen and oxygen atoms in total. The lowest BCUT2D eigenvalue weighted by molar-refractivity contribution is -0.334. The van der Waals surface area contributed by atoms with Gasteiger partial charge in [0, 0.05) is 6.04 Å². The van der Waals surface area contributed by atoms with E-state index in [0.717, 1.165) is 5.56 Å². The first-order valence-corrected chi connectivity index (χ1v) is 4.46. The molecule has 0 aliphatic heterocycles. The molecule has 0 amide bonds. The van der Waals surface area contributed by atoms with Gasteiger partial charge in [-0.3, -0.25) is 0 Å². The van der Waals surface area contributed by atoms with Crippen LogP contribution in [0.2, 0.25) is 0 Å². The molecule has 0 fully saturated rings. The van der Waals surface area contributed by atoms with Crippen molar-refractivity contribution in [3.05, 3.63) is 35.9 Å². The van der Waals surface area contributed by atoms with Crippen molar-refractivity contribution in [2.24, 2.45) is 0 Å². The maximum Gasteiger partial charge on any atom is 0.343 e. The first kappa shape index (κ1) is 11.1. The summed E-state index contributed by atoms with van der Waals surface area (Å²) in [5, 5.41) is 28.2. The van der Waals surface area contributed by atoms with Crippen molar-refractivity contribution in [2.45, 2.75) is 25.5 Å². The third-order valence-electron chi connectivity index (χ3n) is 1.82. The Kier molecular flexibility index (Phi) is 3.60. The van der Waals surface area contributed by atoms with Crippen LogP contribution in [0.15, 0.2) is 30.3 Å². The van der Waals surface area contributed by atoms with Gasteiger partial charge in [0.05, 0.1) is 0 Å². The van der Waals surface area contributed by atoms with Crippen LogP contribution in [0.4, 0.5) is 0 Å². The van der Waals surface area contributed by atoms with Crippen molar-refractivity contribution in [1.29, 1.82) is 0 Å². The van der Waals surface area contributed by atoms with Gasteiger partial charge in [0.15, 0.2) is 0 Å². The van der Waals surface area contributed by atoms with Gasteiger partial charge in [-0.25, -0.2) is 5.32 Å². The molecule has 0 aliphatic carbocycles. The molecule has 0 aromatic heterocycles. The summed E-state index contributed by atoms with van der Waals surface area (Å²) in [6, 6.07) is 9.38. The van der Waals surface area contributed by atoms with Gasteiger partial charge in [-0.2, -0.15) is 0 Å². The Labute approximate surface area is 82.8 Å². The Bertz CT molecular complexity index is 268. The number of rotatable bonds is 4. The minimum absolute atomic E-state index is 0.225. The second-order valence-electron chi connectivity index (χ2n) is 3.37. The average molecular weight is 197 g/mol. The fraction of sp³-hybridized carbons (Fsp3) is 0.400. The second-order valence-corrected chi connectivity index (χ2v) is 3.37. The third kappa shape index (κ3) is 4.34. The number of aliphatic hydroxyl groups is 3. The summed E-state index contributed by atoms with van der Waals surface area (Å²) in [5.74, 6) is 0. The van der Waals surface area contributed by atoms with Crippen molar-refractivity contribution in [1.82, 2.24) is 5.32 Å². The summed E-state index contributed by atoms with van der Waals surface area (Å²) >= 11 is 0. The van der Waals surface area contributed by atoms with E-state index in [9.17, 15) is 0 Å². The number of hydrogen-bond donors (Lipinski definition) is 4. The van der Waals surface area contributed by atoms with E-state index in [-0.39, 0.29) is 6.04 Å². The number of benzene rings is 1. The molecule has 1 unspecified atom stereocenters. The molecule has 1 aromatic rings. The SMILES string of the molecule is CC(Cc1ccccc1)NC(O)(O)O. The van der Waals surface area contributed by atoms with Gasteiger partial charge < -0.3 is 15.3 Å². The van der Waals surface area contributed by atoms with Crippen molar-refractivity contribution < 1.29 is 15.3 Å². The number of nitrogens with one attached hydrogen (secondary N) is 1. The number of hydrogen-bond acceptors (Lipinski definition) is 4. The summed E-state index contributed by atoms with van der Waals surface area (Å²) in [6.07, 6.45) is -2.18. The van der Waals surface area contributed by atoms with E-state index in [2.05, 4.69) is 5.32 Å². The maximum atomic E-state index is 8.67. The van der Waals surface area contributed by atoms with Crippen molar-refractivity contribution in [3.8, 4) is 0 Å². The molecule has 0 bridgehead atoms. The van der Waals surface area contributed by atoms with Crippen LogP contribution >= 0.6 is 0 Å². The van der Waals surface area contributed by atoms with Crippen LogP contribution in [0, 0.1) is 0 Å². The van der Waals surface area contributed by atoms with E-state index < -0.39 is 6.10 Å². The lowest BCUT2D eigenvalue weighted by Crippen LogP contribution is -2.49. The van der Waals surface area contributed by atoms with Crippen LogP contribution in [0.25, 0.3) is 0 Å². The second kappa shape index (κ2) is 4.52. The van der Waals surface area contributed by atoms with Crippen molar-refractivity contribution in [3.63, 3.8) is 0 Å². The van der Waals surface area contributed by atoms with Gasteiger partial charge in [-0.15, -0.1) is 0 Å². The molecule has 0 spiro atoms. The van der Waals surface area contributed by atoms with Gasteiger partial charge in [-0.1, -0.05) is 30.3 Å². The van der Waals surface area contributed by atoms with Crippen LogP contribution in [0.5, 0.6) is 0 Å². The first-order valence-electron chi connectivity index (χ1n) is 4.46. The predicted octanol–water partition coefficient (Wildman–Crippen LogP) is -0.205. The van der Waals surface area contributed by atoms with E-state index in [1.165, 1.54) is 0 Å². The van der Waals surface area contributed by atoms with Crippen LogP contribution < -0.4 is 5.32 Å². The van der Waals surface area contributed by atoms with Gasteiger partial charge in [-0.05, 0) is 18.9 Å². The van der Waals surface area contributed by atoms with Crippen LogP contribution in [0.1, 0.15) is 12.5 Å². The minimum atomic E-state index is -2.80. The molecule has 0 saturated heterocycles. The van der Waals surface area contributed by atoms with E-state index in [4.69, 9.17) is 15.3 Å². The third-order valence-corrected chi connectivity index (χ3v) is 1.82. The molecule has 0 saturated carbocycles. The average Bonchev–Trinajstić information content (AvgIpc) is 2.02. The predicted molar refractivity (Wildman–Crippen MR) is 52.1 cm³/mol. The quantitative estimate of drug-likeness (QED) is 0.504. The van der Waals surface area contributed by atoms with Crippen LogP contribution in [0.3, 0.4) is 0 Å². The standard InChI is InChI=1S/C10H15NO3/c1-8(11-10(12,13)14)7-9-5-3-2-4-6-9/h2-6,8,11-14H,7H2,1H3. The minimum Gasteiger partial charge on any atom is -0.330 e. The lowest BCUT2D eigenvalue weighted by Gasteiger charge is -2.21. The van der Waals surface area contributed by atoms with E-state index in [1.807, 2.05) is 30.3 Å². The molecular weight excluding hydrogens is 182 g/mol. The van der Waals surface area contributed by atoms with E-state index in [1.54, 1.807) is 6.92 Å². The highest BCUT2D eigenvalue weighted by Gasteiger charge is 2.20. The van der Waals surface area contributed by atoms with Crippen LogP contribution in [-0.2, 0) is 6.42 Å². The highest BCUT2D eigenvalue weighted by atomic mass is 16.7. The Morgan fingerprint density at radius 2 is 1.79 bits per heavy atom. The molecule has 4 heteroatoms. The van der Waals surface area contributed by atoms with Crippen LogP contribution in [-0.4, -0.2) is 27.5 Å². The molecule has 1 aromatic carbocycles. The molecular formula is C10H15NO3. The Balaban J connectivity index is 2.46. The first-order chi connectivity index (χ1) is 6.47. The zero-order valence-electron chi connectivity index (χ0n) is 8.01. The lowest BCUT2D eigenvalue weighted by atomic mass is 10.1. The largest absolute Gasteiger partial charge is 0.343 e. The molecule has 0 aliphatic rings. The van der Waals surface area contributed by atoms with Gasteiger partial charge in [0.25, 0.3) is 0 Å². The molecule has 1 atom stereocenters. The smallest absolute Gasteiger partial charge is 0.330 e. The monoisotopic (exact) mass is 197 g/mol. The topological polar surface area (TPSA) is 72.7 Å². The Morgan fingerprint density at radius 1 is 1.21 bits per heavy atom. The summed E-state index contributed by atoms with van der Waals surface area (Å²) in [7, 11) is 0. The molecule has 0 radical (unpaired) electrons. The van der Waals surface area contributed by atoms with Gasteiger partial charge in [0.2, 0.25) is 0 Å². The van der Waals surface area contributed by atoms with Gasteiger partial charge >= 0.3 is 6.10 Å². The zero-order chi connectivity index (χ0) is 10.6. The zero-order valence-corrected chi connectivity index (χ0v) is 8.01. The summed E-state index contributed by atoms with van der Waals surface area (Å²) in [5.41, 5.74) is 1.07. The molecule has 14 heavy (non-hydrogen) atoms. The van der Waals surface area contributed by atoms with E-state index in [0.29, 0.717) is 6.42 Å². The Morgan fingerprint density at radius 3 is 2.29 bits per heavy atom. The normalized spacial score (nSPS) is 14.0. The Hall–Kier alpha value is -0.940. The van der Waals surface area contributed by atoms with Gasteiger partial charge in [0.1, 0.15) is 0 Å². The molecule has 1 rings (SSSR count). The maximum absolute atomic E-state index is 8.67. The highest BCUT2D eigenvalue weighted by Crippen LogP contribution is 2.03. The van der Waals surface area contributed by atoms with Crippen molar-refractivity contribution >= 4 is 0 Å². The molecule has 78 valence electrons. The molecule has 0 heterocycles. The van der Waals surface area contributed by atoms with Crippen molar-refractivity contribution in [2.75, 3.05) is 0 Å². The fourth-order valence-corrected chi connectivity index (χ4v) is 1.35. The molecule has 4 N–H and O–H groups in total. The summed E-state index contributed by atoms with van der Waals surface area (Å²) < 4.78 is 0. The van der Waals surface area contributed by atoms with E-state index >= 15 is 0 Å². The fourth-order valence-electron chi connectivity index (χ4n) is 1.35.